The van der Waals surface area contributed by atoms with E-state index in [9.17, 15) is 0 Å². The Morgan fingerprint density at radius 1 is 1.44 bits per heavy atom. The van der Waals surface area contributed by atoms with Crippen molar-refractivity contribution in [3.63, 3.8) is 0 Å². The predicted molar refractivity (Wildman–Crippen MR) is 65.6 cm³/mol. The molecule has 0 amide bonds. The molecule has 0 aromatic carbocycles. The number of nitrogens with one attached hydrogen (secondary N) is 1. The molecule has 4 heteroatoms. The van der Waals surface area contributed by atoms with Crippen molar-refractivity contribution >= 4 is 0 Å². The molecule has 2 N–H and O–H groups in total. The van der Waals surface area contributed by atoms with Gasteiger partial charge in [0.05, 0.1) is 0 Å². The molecule has 0 aromatic rings. The molecule has 96 valence electrons. The molecule has 4 nitrogen and oxygen atoms in total. The van der Waals surface area contributed by atoms with Crippen LogP contribution in [0.3, 0.4) is 0 Å². The summed E-state index contributed by atoms with van der Waals surface area (Å²) < 4.78 is 5.37. The van der Waals surface area contributed by atoms with Gasteiger partial charge in [0.25, 0.3) is 0 Å². The second kappa shape index (κ2) is 8.01. The predicted octanol–water partition coefficient (Wildman–Crippen LogP) is 0.458. The summed E-state index contributed by atoms with van der Waals surface area (Å²) in [6.07, 6.45) is 3.10. The van der Waals surface area contributed by atoms with E-state index in [1.54, 1.807) is 0 Å². The minimum absolute atomic E-state index is 0.263. The van der Waals surface area contributed by atoms with E-state index in [1.165, 1.54) is 0 Å². The highest BCUT2D eigenvalue weighted by Crippen LogP contribution is 2.13. The van der Waals surface area contributed by atoms with Gasteiger partial charge in [0, 0.05) is 38.4 Å². The van der Waals surface area contributed by atoms with E-state index in [4.69, 9.17) is 9.84 Å². The highest BCUT2D eigenvalue weighted by atomic mass is 16.5. The molecule has 0 radical (unpaired) electrons. The number of nitrogens with zero attached hydrogens (tertiary/aromatic N) is 1. The Morgan fingerprint density at radius 2 is 2.12 bits per heavy atom. The van der Waals surface area contributed by atoms with Crippen LogP contribution in [-0.2, 0) is 4.74 Å². The van der Waals surface area contributed by atoms with Crippen LogP contribution in [0.4, 0.5) is 0 Å². The van der Waals surface area contributed by atoms with E-state index in [0.29, 0.717) is 12.1 Å². The zero-order chi connectivity index (χ0) is 11.8. The third kappa shape index (κ3) is 4.78. The maximum absolute atomic E-state index is 9.01. The van der Waals surface area contributed by atoms with Crippen LogP contribution >= 0.6 is 0 Å². The summed E-state index contributed by atoms with van der Waals surface area (Å²) in [4.78, 5) is 2.41. The fourth-order valence-electron chi connectivity index (χ4n) is 2.33. The quantitative estimate of drug-likeness (QED) is 0.667. The summed E-state index contributed by atoms with van der Waals surface area (Å²) >= 11 is 0. The first-order chi connectivity index (χ1) is 7.77. The Balaban J connectivity index is 2.30. The van der Waals surface area contributed by atoms with Crippen LogP contribution in [0.2, 0.25) is 0 Å². The summed E-state index contributed by atoms with van der Waals surface area (Å²) in [5, 5.41) is 12.4. The van der Waals surface area contributed by atoms with Gasteiger partial charge in [-0.2, -0.15) is 0 Å². The van der Waals surface area contributed by atoms with Gasteiger partial charge in [-0.3, -0.25) is 0 Å². The molecule has 0 spiro atoms. The van der Waals surface area contributed by atoms with Crippen molar-refractivity contribution < 1.29 is 9.84 Å². The number of aliphatic hydroxyl groups is 1. The molecule has 0 bridgehead atoms. The summed E-state index contributed by atoms with van der Waals surface area (Å²) in [5.74, 6) is 0. The van der Waals surface area contributed by atoms with E-state index in [0.717, 1.165) is 45.6 Å². The first kappa shape index (κ1) is 13.9. The normalized spacial score (nSPS) is 20.2. The molecule has 1 unspecified atom stereocenters. The lowest BCUT2D eigenvalue weighted by Gasteiger charge is -2.33. The molecule has 1 saturated heterocycles. The highest BCUT2D eigenvalue weighted by molar-refractivity contribution is 4.77. The standard InChI is InChI=1S/C12H26N2O2/c1-3-13-11(4-7-15)10-14(2)12-5-8-16-9-6-12/h11-13,15H,3-10H2,1-2H3. The van der Waals surface area contributed by atoms with Gasteiger partial charge in [0.15, 0.2) is 0 Å². The molecule has 16 heavy (non-hydrogen) atoms. The lowest BCUT2D eigenvalue weighted by molar-refractivity contribution is 0.0393. The summed E-state index contributed by atoms with van der Waals surface area (Å²) in [5.41, 5.74) is 0. The largest absolute Gasteiger partial charge is 0.396 e. The Bertz CT molecular complexity index is 166. The molecular weight excluding hydrogens is 204 g/mol. The van der Waals surface area contributed by atoms with E-state index >= 15 is 0 Å². The van der Waals surface area contributed by atoms with Crippen molar-refractivity contribution in [1.82, 2.24) is 10.2 Å². The van der Waals surface area contributed by atoms with E-state index < -0.39 is 0 Å². The molecule has 1 aliphatic heterocycles. The van der Waals surface area contributed by atoms with Crippen LogP contribution in [0, 0.1) is 0 Å². The van der Waals surface area contributed by atoms with Crippen LogP contribution in [0.25, 0.3) is 0 Å². The van der Waals surface area contributed by atoms with Crippen LogP contribution in [0.15, 0.2) is 0 Å². The van der Waals surface area contributed by atoms with Gasteiger partial charge in [0.2, 0.25) is 0 Å². The number of rotatable bonds is 7. The van der Waals surface area contributed by atoms with Crippen molar-refractivity contribution in [2.24, 2.45) is 0 Å². The fraction of sp³-hybridized carbons (Fsp3) is 1.00. The van der Waals surface area contributed by atoms with Gasteiger partial charge < -0.3 is 20.1 Å². The lowest BCUT2D eigenvalue weighted by atomic mass is 10.1. The average molecular weight is 230 g/mol. The molecule has 1 rings (SSSR count). The molecule has 1 heterocycles. The number of hydrogen-bond acceptors (Lipinski definition) is 4. The van der Waals surface area contributed by atoms with Gasteiger partial charge in [0.1, 0.15) is 0 Å². The lowest BCUT2D eigenvalue weighted by Crippen LogP contribution is -2.45. The average Bonchev–Trinajstić information content (AvgIpc) is 2.31. The molecule has 1 aliphatic rings. The van der Waals surface area contributed by atoms with E-state index in [2.05, 4.69) is 24.2 Å². The highest BCUT2D eigenvalue weighted by Gasteiger charge is 2.20. The summed E-state index contributed by atoms with van der Waals surface area (Å²) in [6, 6.07) is 1.05. The molecule has 0 saturated carbocycles. The van der Waals surface area contributed by atoms with Crippen LogP contribution in [-0.4, -0.2) is 62.0 Å². The summed E-state index contributed by atoms with van der Waals surface area (Å²) in [7, 11) is 2.18. The third-order valence-corrected chi connectivity index (χ3v) is 3.29. The molecular formula is C12H26N2O2. The smallest absolute Gasteiger partial charge is 0.0480 e. The van der Waals surface area contributed by atoms with Crippen molar-refractivity contribution in [1.29, 1.82) is 0 Å². The Kier molecular flexibility index (Phi) is 6.96. The molecule has 0 aliphatic carbocycles. The first-order valence-electron chi connectivity index (χ1n) is 6.40. The third-order valence-electron chi connectivity index (χ3n) is 3.29. The minimum Gasteiger partial charge on any atom is -0.396 e. The fourth-order valence-corrected chi connectivity index (χ4v) is 2.33. The monoisotopic (exact) mass is 230 g/mol. The van der Waals surface area contributed by atoms with Crippen molar-refractivity contribution in [3.8, 4) is 0 Å². The summed E-state index contributed by atoms with van der Waals surface area (Å²) in [6.45, 7) is 6.13. The Hall–Kier alpha value is -0.160. The maximum atomic E-state index is 9.01. The zero-order valence-electron chi connectivity index (χ0n) is 10.6. The number of likely N-dealkylation sites (N-methyl/N-ethyl adjacent to an activating group) is 2. The van der Waals surface area contributed by atoms with E-state index in [1.807, 2.05) is 0 Å². The number of ether oxygens (including phenoxy) is 1. The zero-order valence-corrected chi connectivity index (χ0v) is 10.6. The maximum Gasteiger partial charge on any atom is 0.0480 e. The first-order valence-corrected chi connectivity index (χ1v) is 6.40. The van der Waals surface area contributed by atoms with Crippen molar-refractivity contribution in [3.05, 3.63) is 0 Å². The number of aliphatic hydroxyl groups excluding tert-OH is 1. The van der Waals surface area contributed by atoms with Crippen molar-refractivity contribution in [2.45, 2.75) is 38.3 Å². The van der Waals surface area contributed by atoms with Crippen LogP contribution < -0.4 is 5.32 Å². The molecule has 0 aromatic heterocycles. The SMILES string of the molecule is CCNC(CCO)CN(C)C1CCOCC1. The van der Waals surface area contributed by atoms with Gasteiger partial charge in [-0.15, -0.1) is 0 Å². The topological polar surface area (TPSA) is 44.7 Å². The molecule has 1 atom stereocenters. The second-order valence-electron chi connectivity index (χ2n) is 4.55. The second-order valence-corrected chi connectivity index (χ2v) is 4.55. The van der Waals surface area contributed by atoms with Gasteiger partial charge in [-0.05, 0) is 32.9 Å². The van der Waals surface area contributed by atoms with Gasteiger partial charge >= 0.3 is 0 Å². The van der Waals surface area contributed by atoms with Gasteiger partial charge in [-0.1, -0.05) is 6.92 Å². The van der Waals surface area contributed by atoms with Crippen LogP contribution in [0.5, 0.6) is 0 Å². The number of hydrogen-bond donors (Lipinski definition) is 2. The van der Waals surface area contributed by atoms with E-state index in [-0.39, 0.29) is 6.61 Å². The van der Waals surface area contributed by atoms with Gasteiger partial charge in [-0.25, -0.2) is 0 Å². The van der Waals surface area contributed by atoms with Crippen LogP contribution in [0.1, 0.15) is 26.2 Å². The Labute approximate surface area is 99.0 Å². The Morgan fingerprint density at radius 3 is 2.69 bits per heavy atom. The van der Waals surface area contributed by atoms with Crippen molar-refractivity contribution in [2.75, 3.05) is 40.0 Å². The minimum atomic E-state index is 0.263. The molecule has 1 fully saturated rings.